The van der Waals surface area contributed by atoms with Gasteiger partial charge in [0.15, 0.2) is 0 Å². The summed E-state index contributed by atoms with van der Waals surface area (Å²) in [4.78, 5) is 17.4. The Morgan fingerprint density at radius 2 is 2.00 bits per heavy atom. The smallest absolute Gasteiger partial charge is 0.277 e. The van der Waals surface area contributed by atoms with Crippen molar-refractivity contribution in [3.05, 3.63) is 55.9 Å². The summed E-state index contributed by atoms with van der Waals surface area (Å²) in [5.74, 6) is -1.26. The molecule has 0 unspecified atom stereocenters. The normalized spacial score (nSPS) is 11.3. The first-order chi connectivity index (χ1) is 12.1. The Labute approximate surface area is 170 Å². The molecule has 2 rings (SSSR count). The van der Waals surface area contributed by atoms with E-state index in [9.17, 15) is 14.3 Å². The van der Waals surface area contributed by atoms with E-state index in [-0.39, 0.29) is 22.9 Å². The Balaban J connectivity index is 2.28. The molecule has 0 aromatic heterocycles. The molecular formula is C18H19ClFIN2O3. The Hall–Kier alpha value is -1.42. The number of hydroxylamine groups is 1. The lowest BCUT2D eigenvalue weighted by Crippen LogP contribution is -2.33. The monoisotopic (exact) mass is 492 g/mol. The molecule has 1 amide bonds. The quantitative estimate of drug-likeness (QED) is 0.408. The van der Waals surface area contributed by atoms with E-state index in [1.54, 1.807) is 13.8 Å². The van der Waals surface area contributed by atoms with E-state index in [1.807, 2.05) is 25.1 Å². The summed E-state index contributed by atoms with van der Waals surface area (Å²) in [7, 11) is 0. The van der Waals surface area contributed by atoms with E-state index in [2.05, 4.69) is 33.4 Å². The maximum absolute atomic E-state index is 13.9. The summed E-state index contributed by atoms with van der Waals surface area (Å²) < 4.78 is 15.0. The molecular weight excluding hydrogens is 474 g/mol. The molecule has 0 aliphatic heterocycles. The molecule has 0 aliphatic carbocycles. The van der Waals surface area contributed by atoms with Gasteiger partial charge in [0.05, 0.1) is 21.9 Å². The van der Waals surface area contributed by atoms with Crippen molar-refractivity contribution in [1.29, 1.82) is 0 Å². The third-order valence-corrected chi connectivity index (χ3v) is 4.31. The van der Waals surface area contributed by atoms with Gasteiger partial charge in [0.1, 0.15) is 12.4 Å². The average Bonchev–Trinajstić information content (AvgIpc) is 2.51. The first kappa shape index (κ1) is 20.9. The molecule has 8 heteroatoms. The predicted octanol–water partition coefficient (Wildman–Crippen LogP) is 4.57. The molecule has 0 fully saturated rings. The van der Waals surface area contributed by atoms with Crippen LogP contribution in [0.5, 0.6) is 0 Å². The number of aryl methyl sites for hydroxylation is 1. The molecule has 5 nitrogen and oxygen atoms in total. The van der Waals surface area contributed by atoms with Crippen LogP contribution in [0.25, 0.3) is 0 Å². The second-order valence-electron chi connectivity index (χ2n) is 6.43. The summed E-state index contributed by atoms with van der Waals surface area (Å²) in [5, 5.41) is 12.5. The molecule has 140 valence electrons. The maximum atomic E-state index is 13.9. The summed E-state index contributed by atoms with van der Waals surface area (Å²) in [6.45, 7) is 4.89. The van der Waals surface area contributed by atoms with Gasteiger partial charge in [-0.25, -0.2) is 9.87 Å². The van der Waals surface area contributed by atoms with Gasteiger partial charge in [-0.2, -0.15) is 0 Å². The van der Waals surface area contributed by atoms with Crippen molar-refractivity contribution >= 4 is 51.5 Å². The second kappa shape index (κ2) is 8.51. The Morgan fingerprint density at radius 3 is 2.62 bits per heavy atom. The fraction of sp³-hybridized carbons (Fsp3) is 0.278. The predicted molar refractivity (Wildman–Crippen MR) is 108 cm³/mol. The number of halogens is 3. The number of amides is 1. The highest BCUT2D eigenvalue weighted by atomic mass is 127. The number of aliphatic hydroxyl groups is 1. The molecule has 2 aromatic carbocycles. The minimum atomic E-state index is -1.10. The second-order valence-corrected chi connectivity index (χ2v) is 8.08. The highest BCUT2D eigenvalue weighted by Crippen LogP contribution is 2.29. The fourth-order valence-corrected chi connectivity index (χ4v) is 2.89. The topological polar surface area (TPSA) is 70.6 Å². The number of carbonyl (C=O) groups is 1. The minimum Gasteiger partial charge on any atom is -0.388 e. The van der Waals surface area contributed by atoms with Crippen molar-refractivity contribution in [3.63, 3.8) is 0 Å². The van der Waals surface area contributed by atoms with Gasteiger partial charge >= 0.3 is 0 Å². The van der Waals surface area contributed by atoms with Gasteiger partial charge in [-0.1, -0.05) is 11.6 Å². The zero-order valence-electron chi connectivity index (χ0n) is 14.5. The number of nitrogens with one attached hydrogen (secondary N) is 2. The number of hydrogen-bond donors (Lipinski definition) is 3. The summed E-state index contributed by atoms with van der Waals surface area (Å²) in [6.07, 6.45) is 0. The van der Waals surface area contributed by atoms with E-state index >= 15 is 0 Å². The van der Waals surface area contributed by atoms with Crippen molar-refractivity contribution in [2.24, 2.45) is 0 Å². The fourth-order valence-electron chi connectivity index (χ4n) is 2.08. The van der Waals surface area contributed by atoms with Crippen LogP contribution in [0.4, 0.5) is 15.8 Å². The zero-order valence-corrected chi connectivity index (χ0v) is 17.4. The lowest BCUT2D eigenvalue weighted by molar-refractivity contribution is -0.0522. The number of hydrogen-bond acceptors (Lipinski definition) is 4. The van der Waals surface area contributed by atoms with Crippen LogP contribution < -0.4 is 10.8 Å². The molecule has 2 aromatic rings. The SMILES string of the molecule is Cc1cc(I)ccc1Nc1cc(F)c(Cl)cc1C(=O)NOCC(C)(C)O. The maximum Gasteiger partial charge on any atom is 0.277 e. The first-order valence-corrected chi connectivity index (χ1v) is 9.19. The highest BCUT2D eigenvalue weighted by Gasteiger charge is 2.18. The number of rotatable bonds is 6. The standard InChI is InChI=1S/C18H19ClFIN2O3/c1-10-6-11(21)4-5-15(10)22-16-8-14(20)13(19)7-12(16)17(24)23-26-9-18(2,3)25/h4-8,22,25H,9H2,1-3H3,(H,23,24). The van der Waals surface area contributed by atoms with Crippen LogP contribution >= 0.6 is 34.2 Å². The van der Waals surface area contributed by atoms with Crippen molar-refractivity contribution < 1.29 is 19.1 Å². The van der Waals surface area contributed by atoms with Crippen LogP contribution in [0.3, 0.4) is 0 Å². The highest BCUT2D eigenvalue weighted by molar-refractivity contribution is 14.1. The van der Waals surface area contributed by atoms with Crippen molar-refractivity contribution in [1.82, 2.24) is 5.48 Å². The average molecular weight is 493 g/mol. The van der Waals surface area contributed by atoms with Crippen LogP contribution in [0.15, 0.2) is 30.3 Å². The van der Waals surface area contributed by atoms with Gasteiger partial charge in [-0.05, 0) is 79.3 Å². The molecule has 26 heavy (non-hydrogen) atoms. The zero-order chi connectivity index (χ0) is 19.5. The van der Waals surface area contributed by atoms with E-state index in [4.69, 9.17) is 16.4 Å². The molecule has 0 saturated heterocycles. The molecule has 0 radical (unpaired) electrons. The molecule has 3 N–H and O–H groups in total. The van der Waals surface area contributed by atoms with Crippen LogP contribution in [0, 0.1) is 16.3 Å². The lowest BCUT2D eigenvalue weighted by atomic mass is 10.1. The summed E-state index contributed by atoms with van der Waals surface area (Å²) >= 11 is 8.02. The third-order valence-electron chi connectivity index (χ3n) is 3.35. The molecule has 0 bridgehead atoms. The van der Waals surface area contributed by atoms with Gasteiger partial charge < -0.3 is 10.4 Å². The summed E-state index contributed by atoms with van der Waals surface area (Å²) in [5.41, 5.74) is 3.17. The lowest BCUT2D eigenvalue weighted by Gasteiger charge is -2.18. The Morgan fingerprint density at radius 1 is 1.31 bits per heavy atom. The van der Waals surface area contributed by atoms with E-state index < -0.39 is 17.3 Å². The van der Waals surface area contributed by atoms with Crippen LogP contribution in [-0.4, -0.2) is 23.2 Å². The first-order valence-electron chi connectivity index (χ1n) is 7.73. The van der Waals surface area contributed by atoms with Crippen LogP contribution in [0.2, 0.25) is 5.02 Å². The van der Waals surface area contributed by atoms with Gasteiger partial charge in [-0.15, -0.1) is 0 Å². The van der Waals surface area contributed by atoms with Gasteiger partial charge in [0, 0.05) is 9.26 Å². The molecule has 0 saturated carbocycles. The molecule has 0 spiro atoms. The van der Waals surface area contributed by atoms with Crippen molar-refractivity contribution in [3.8, 4) is 0 Å². The molecule has 0 atom stereocenters. The number of carbonyl (C=O) groups excluding carboxylic acids is 1. The van der Waals surface area contributed by atoms with E-state index in [1.165, 1.54) is 6.07 Å². The van der Waals surface area contributed by atoms with E-state index in [0.717, 1.165) is 20.9 Å². The molecule has 0 aliphatic rings. The Bertz CT molecular complexity index is 825. The number of anilines is 2. The van der Waals surface area contributed by atoms with Gasteiger partial charge in [-0.3, -0.25) is 9.63 Å². The number of benzene rings is 2. The van der Waals surface area contributed by atoms with Gasteiger partial charge in [0.25, 0.3) is 5.91 Å². The van der Waals surface area contributed by atoms with Crippen molar-refractivity contribution in [2.75, 3.05) is 11.9 Å². The molecule has 0 heterocycles. The van der Waals surface area contributed by atoms with Crippen LogP contribution in [0.1, 0.15) is 29.8 Å². The minimum absolute atomic E-state index is 0.105. The van der Waals surface area contributed by atoms with E-state index in [0.29, 0.717) is 0 Å². The Kier molecular flexibility index (Phi) is 6.84. The van der Waals surface area contributed by atoms with Gasteiger partial charge in [0.2, 0.25) is 0 Å². The largest absolute Gasteiger partial charge is 0.388 e. The third kappa shape index (κ3) is 5.80. The van der Waals surface area contributed by atoms with Crippen LogP contribution in [-0.2, 0) is 4.84 Å². The summed E-state index contributed by atoms with van der Waals surface area (Å²) in [6, 6.07) is 8.08. The van der Waals surface area contributed by atoms with Crippen molar-refractivity contribution in [2.45, 2.75) is 26.4 Å².